The van der Waals surface area contributed by atoms with E-state index in [1.807, 2.05) is 30.3 Å². The molecular weight excluding hydrogens is 308 g/mol. The summed E-state index contributed by atoms with van der Waals surface area (Å²) in [6.45, 7) is 3.51. The van der Waals surface area contributed by atoms with E-state index in [0.717, 1.165) is 5.56 Å². The molecule has 112 valence electrons. The van der Waals surface area contributed by atoms with Gasteiger partial charge in [-0.3, -0.25) is 0 Å². The van der Waals surface area contributed by atoms with E-state index < -0.39 is 10.0 Å². The molecule has 3 N–H and O–H groups in total. The number of nitrogens with two attached hydrogens (primary N) is 1. The number of rotatable bonds is 4. The highest BCUT2D eigenvalue weighted by Crippen LogP contribution is 2.27. The van der Waals surface area contributed by atoms with Crippen LogP contribution >= 0.6 is 11.6 Å². The summed E-state index contributed by atoms with van der Waals surface area (Å²) in [5, 5.41) is 0.380. The minimum Gasteiger partial charge on any atom is -0.397 e. The van der Waals surface area contributed by atoms with E-state index in [-0.39, 0.29) is 16.6 Å². The van der Waals surface area contributed by atoms with Gasteiger partial charge in [0.25, 0.3) is 0 Å². The van der Waals surface area contributed by atoms with Gasteiger partial charge in [-0.2, -0.15) is 0 Å². The van der Waals surface area contributed by atoms with Crippen molar-refractivity contribution in [3.8, 4) is 0 Å². The topological polar surface area (TPSA) is 72.2 Å². The molecule has 0 aliphatic rings. The Hall–Kier alpha value is -1.56. The molecule has 1 atom stereocenters. The summed E-state index contributed by atoms with van der Waals surface area (Å²) in [7, 11) is -3.66. The molecule has 2 aromatic carbocycles. The first-order valence-corrected chi connectivity index (χ1v) is 8.30. The lowest BCUT2D eigenvalue weighted by Gasteiger charge is -2.15. The van der Waals surface area contributed by atoms with Crippen LogP contribution in [0.3, 0.4) is 0 Å². The van der Waals surface area contributed by atoms with Gasteiger partial charge in [0.15, 0.2) is 0 Å². The fourth-order valence-electron chi connectivity index (χ4n) is 2.03. The normalized spacial score (nSPS) is 13.1. The van der Waals surface area contributed by atoms with Gasteiger partial charge >= 0.3 is 0 Å². The molecule has 2 rings (SSSR count). The lowest BCUT2D eigenvalue weighted by molar-refractivity contribution is 0.567. The van der Waals surface area contributed by atoms with E-state index in [1.54, 1.807) is 13.8 Å². The summed E-state index contributed by atoms with van der Waals surface area (Å²) >= 11 is 5.96. The van der Waals surface area contributed by atoms with Crippen LogP contribution in [-0.2, 0) is 10.0 Å². The Kier molecular flexibility index (Phi) is 4.56. The van der Waals surface area contributed by atoms with Gasteiger partial charge in [0.2, 0.25) is 10.0 Å². The first-order chi connectivity index (χ1) is 9.81. The molecule has 0 aliphatic heterocycles. The van der Waals surface area contributed by atoms with Gasteiger partial charge in [0.1, 0.15) is 0 Å². The smallest absolute Gasteiger partial charge is 0.241 e. The van der Waals surface area contributed by atoms with Gasteiger partial charge in [-0.25, -0.2) is 13.1 Å². The number of benzene rings is 2. The van der Waals surface area contributed by atoms with Gasteiger partial charge in [0, 0.05) is 6.04 Å². The first-order valence-electron chi connectivity index (χ1n) is 6.44. The summed E-state index contributed by atoms with van der Waals surface area (Å²) in [5.41, 5.74) is 7.51. The van der Waals surface area contributed by atoms with Crippen LogP contribution in [0.2, 0.25) is 5.02 Å². The molecule has 0 aromatic heterocycles. The van der Waals surface area contributed by atoms with Crippen LogP contribution in [0.1, 0.15) is 24.1 Å². The minimum atomic E-state index is -3.66. The predicted molar refractivity (Wildman–Crippen MR) is 85.8 cm³/mol. The van der Waals surface area contributed by atoms with Crippen LogP contribution in [0.5, 0.6) is 0 Å². The van der Waals surface area contributed by atoms with Crippen molar-refractivity contribution in [2.45, 2.75) is 24.8 Å². The van der Waals surface area contributed by atoms with E-state index in [4.69, 9.17) is 17.3 Å². The van der Waals surface area contributed by atoms with Crippen LogP contribution < -0.4 is 10.5 Å². The number of aryl methyl sites for hydroxylation is 1. The van der Waals surface area contributed by atoms with Gasteiger partial charge in [-0.05, 0) is 37.1 Å². The second-order valence-corrected chi connectivity index (χ2v) is 6.99. The molecule has 0 bridgehead atoms. The SMILES string of the molecule is Cc1cc(S(=O)(=O)N[C@@H](C)c2ccccc2)cc(N)c1Cl. The van der Waals surface area contributed by atoms with Crippen LogP contribution in [-0.4, -0.2) is 8.42 Å². The second kappa shape index (κ2) is 6.05. The fourth-order valence-corrected chi connectivity index (χ4v) is 3.49. The first kappa shape index (κ1) is 15.8. The summed E-state index contributed by atoms with van der Waals surface area (Å²) < 4.78 is 27.5. The molecule has 0 unspecified atom stereocenters. The van der Waals surface area contributed by atoms with E-state index in [1.165, 1.54) is 12.1 Å². The molecule has 4 nitrogen and oxygen atoms in total. The van der Waals surface area contributed by atoms with Crippen molar-refractivity contribution in [3.63, 3.8) is 0 Å². The van der Waals surface area contributed by atoms with Crippen LogP contribution in [0.15, 0.2) is 47.4 Å². The number of anilines is 1. The lowest BCUT2D eigenvalue weighted by atomic mass is 10.1. The Labute approximate surface area is 130 Å². The van der Waals surface area contributed by atoms with Crippen LogP contribution in [0, 0.1) is 6.92 Å². The monoisotopic (exact) mass is 324 g/mol. The number of hydrogen-bond acceptors (Lipinski definition) is 3. The van der Waals surface area contributed by atoms with Crippen molar-refractivity contribution in [2.75, 3.05) is 5.73 Å². The van der Waals surface area contributed by atoms with E-state index in [2.05, 4.69) is 4.72 Å². The van der Waals surface area contributed by atoms with Gasteiger partial charge < -0.3 is 5.73 Å². The average molecular weight is 325 g/mol. The average Bonchev–Trinajstić information content (AvgIpc) is 2.44. The molecule has 0 aliphatic carbocycles. The Morgan fingerprint density at radius 1 is 1.19 bits per heavy atom. The molecule has 0 saturated heterocycles. The Balaban J connectivity index is 2.31. The Bertz CT molecular complexity index is 723. The maximum absolute atomic E-state index is 12.4. The molecule has 0 saturated carbocycles. The highest BCUT2D eigenvalue weighted by Gasteiger charge is 2.20. The van der Waals surface area contributed by atoms with Crippen LogP contribution in [0.25, 0.3) is 0 Å². The zero-order valence-electron chi connectivity index (χ0n) is 11.8. The molecule has 2 aromatic rings. The quantitative estimate of drug-likeness (QED) is 0.848. The van der Waals surface area contributed by atoms with E-state index in [0.29, 0.717) is 10.6 Å². The minimum absolute atomic E-state index is 0.115. The van der Waals surface area contributed by atoms with E-state index in [9.17, 15) is 8.42 Å². The van der Waals surface area contributed by atoms with Crippen molar-refractivity contribution in [1.82, 2.24) is 4.72 Å². The molecule has 0 radical (unpaired) electrons. The zero-order valence-corrected chi connectivity index (χ0v) is 13.4. The van der Waals surface area contributed by atoms with Crippen molar-refractivity contribution in [3.05, 3.63) is 58.6 Å². The Morgan fingerprint density at radius 2 is 1.81 bits per heavy atom. The summed E-state index contributed by atoms with van der Waals surface area (Å²) in [6, 6.07) is 11.9. The predicted octanol–water partition coefficient (Wildman–Crippen LogP) is 3.27. The largest absolute Gasteiger partial charge is 0.397 e. The maximum atomic E-state index is 12.4. The van der Waals surface area contributed by atoms with Crippen molar-refractivity contribution < 1.29 is 8.42 Å². The molecule has 21 heavy (non-hydrogen) atoms. The van der Waals surface area contributed by atoms with Gasteiger partial charge in [0.05, 0.1) is 15.6 Å². The third-order valence-corrected chi connectivity index (χ3v) is 5.23. The van der Waals surface area contributed by atoms with Gasteiger partial charge in [-0.1, -0.05) is 41.9 Å². The standard InChI is InChI=1S/C15H17ClN2O2S/c1-10-8-13(9-14(17)15(10)16)21(19,20)18-11(2)12-6-4-3-5-7-12/h3-9,11,18H,17H2,1-2H3/t11-/m0/s1. The lowest BCUT2D eigenvalue weighted by Crippen LogP contribution is -2.27. The molecule has 0 spiro atoms. The van der Waals surface area contributed by atoms with Crippen molar-refractivity contribution in [1.29, 1.82) is 0 Å². The van der Waals surface area contributed by atoms with Crippen molar-refractivity contribution in [2.24, 2.45) is 0 Å². The zero-order chi connectivity index (χ0) is 15.6. The summed E-state index contributed by atoms with van der Waals surface area (Å²) in [4.78, 5) is 0.115. The number of nitrogens with one attached hydrogen (secondary N) is 1. The highest BCUT2D eigenvalue weighted by molar-refractivity contribution is 7.89. The molecule has 0 fully saturated rings. The maximum Gasteiger partial charge on any atom is 0.241 e. The second-order valence-electron chi connectivity index (χ2n) is 4.90. The Morgan fingerprint density at radius 3 is 2.38 bits per heavy atom. The summed E-state index contributed by atoms with van der Waals surface area (Å²) in [6.07, 6.45) is 0. The number of nitrogen functional groups attached to an aromatic ring is 1. The molecule has 6 heteroatoms. The summed E-state index contributed by atoms with van der Waals surface area (Å²) in [5.74, 6) is 0. The molecule has 0 amide bonds. The highest BCUT2D eigenvalue weighted by atomic mass is 35.5. The fraction of sp³-hybridized carbons (Fsp3) is 0.200. The van der Waals surface area contributed by atoms with Crippen molar-refractivity contribution >= 4 is 27.3 Å². The van der Waals surface area contributed by atoms with E-state index >= 15 is 0 Å². The van der Waals surface area contributed by atoms with Crippen LogP contribution in [0.4, 0.5) is 5.69 Å². The molecule has 0 heterocycles. The van der Waals surface area contributed by atoms with Gasteiger partial charge in [-0.15, -0.1) is 0 Å². The number of sulfonamides is 1. The third kappa shape index (κ3) is 3.56. The number of hydrogen-bond donors (Lipinski definition) is 2. The number of halogens is 1. The molecular formula is C15H17ClN2O2S. The third-order valence-electron chi connectivity index (χ3n) is 3.20.